The molecule has 0 bridgehead atoms. The normalized spacial score (nSPS) is 18.4. The summed E-state index contributed by atoms with van der Waals surface area (Å²) >= 11 is 0. The van der Waals surface area contributed by atoms with E-state index in [1.165, 1.54) is 12.8 Å². The topological polar surface area (TPSA) is 56.5 Å². The first-order valence-corrected chi connectivity index (χ1v) is 6.59. The van der Waals surface area contributed by atoms with E-state index in [0.29, 0.717) is 12.7 Å². The number of nitrogens with one attached hydrogen (secondary N) is 1. The van der Waals surface area contributed by atoms with Crippen molar-refractivity contribution in [3.05, 3.63) is 29.8 Å². The lowest BCUT2D eigenvalue weighted by molar-refractivity contribution is 0.0472. The third-order valence-electron chi connectivity index (χ3n) is 3.14. The number of nitrogens with two attached hydrogens (primary N) is 1. The van der Waals surface area contributed by atoms with Gasteiger partial charge >= 0.3 is 0 Å². The Hall–Kier alpha value is -1.10. The Kier molecular flexibility index (Phi) is 4.58. The van der Waals surface area contributed by atoms with Gasteiger partial charge in [-0.1, -0.05) is 12.1 Å². The monoisotopic (exact) mass is 250 g/mol. The lowest BCUT2D eigenvalue weighted by atomic mass is 10.0. The fraction of sp³-hybridized carbons (Fsp3) is 0.571. The molecule has 1 aliphatic carbocycles. The van der Waals surface area contributed by atoms with Crippen molar-refractivity contribution in [1.29, 1.82) is 0 Å². The maximum atomic E-state index is 5.72. The maximum absolute atomic E-state index is 5.72. The predicted octanol–water partition coefficient (Wildman–Crippen LogP) is 2.16. The second-order valence-corrected chi connectivity index (χ2v) is 4.69. The molecule has 0 aromatic heterocycles. The molecule has 4 nitrogen and oxygen atoms in total. The minimum Gasteiger partial charge on any atom is -0.490 e. The zero-order chi connectivity index (χ0) is 13.0. The van der Waals surface area contributed by atoms with Crippen molar-refractivity contribution >= 4 is 0 Å². The Labute approximate surface area is 108 Å². The summed E-state index contributed by atoms with van der Waals surface area (Å²) < 4.78 is 11.3. The van der Waals surface area contributed by atoms with E-state index in [4.69, 9.17) is 15.3 Å². The highest BCUT2D eigenvalue weighted by Crippen LogP contribution is 2.28. The summed E-state index contributed by atoms with van der Waals surface area (Å²) in [7, 11) is 0. The molecule has 1 saturated carbocycles. The van der Waals surface area contributed by atoms with Crippen LogP contribution in [0.2, 0.25) is 0 Å². The van der Waals surface area contributed by atoms with Crippen LogP contribution in [0.1, 0.15) is 38.3 Å². The van der Waals surface area contributed by atoms with Crippen molar-refractivity contribution in [1.82, 2.24) is 5.43 Å². The first-order chi connectivity index (χ1) is 8.74. The molecule has 0 radical (unpaired) electrons. The summed E-state index contributed by atoms with van der Waals surface area (Å²) in [5, 5.41) is 0. The molecule has 1 aliphatic rings. The van der Waals surface area contributed by atoms with Crippen LogP contribution in [0.4, 0.5) is 0 Å². The van der Waals surface area contributed by atoms with Gasteiger partial charge in [-0.25, -0.2) is 0 Å². The number of hydrogen-bond donors (Lipinski definition) is 2. The van der Waals surface area contributed by atoms with E-state index < -0.39 is 0 Å². The van der Waals surface area contributed by atoms with Crippen molar-refractivity contribution in [3.63, 3.8) is 0 Å². The molecule has 100 valence electrons. The van der Waals surface area contributed by atoms with Crippen molar-refractivity contribution in [3.8, 4) is 5.75 Å². The smallest absolute Gasteiger partial charge is 0.119 e. The maximum Gasteiger partial charge on any atom is 0.119 e. The lowest BCUT2D eigenvalue weighted by Crippen LogP contribution is -2.36. The quantitative estimate of drug-likeness (QED) is 0.575. The Bertz CT molecular complexity index is 363. The molecule has 3 N–H and O–H groups in total. The van der Waals surface area contributed by atoms with Crippen molar-refractivity contribution in [2.75, 3.05) is 6.61 Å². The second-order valence-electron chi connectivity index (χ2n) is 4.69. The molecule has 4 heteroatoms. The third-order valence-corrected chi connectivity index (χ3v) is 3.14. The van der Waals surface area contributed by atoms with Crippen LogP contribution in [0.3, 0.4) is 0 Å². The Morgan fingerprint density at radius 1 is 1.33 bits per heavy atom. The van der Waals surface area contributed by atoms with Crippen LogP contribution < -0.4 is 16.0 Å². The van der Waals surface area contributed by atoms with E-state index in [2.05, 4.69) is 5.43 Å². The van der Waals surface area contributed by atoms with Gasteiger partial charge < -0.3 is 9.47 Å². The molecule has 1 fully saturated rings. The molecular weight excluding hydrogens is 228 g/mol. The van der Waals surface area contributed by atoms with Gasteiger partial charge in [0.15, 0.2) is 0 Å². The highest BCUT2D eigenvalue weighted by atomic mass is 16.5. The fourth-order valence-electron chi connectivity index (χ4n) is 1.99. The van der Waals surface area contributed by atoms with Gasteiger partial charge in [-0.2, -0.15) is 0 Å². The molecule has 0 saturated heterocycles. The zero-order valence-electron chi connectivity index (χ0n) is 11.1. The SMILES string of the molecule is CCOC(C)C(NN)c1ccc(OC2CC2)cc1. The highest BCUT2D eigenvalue weighted by Gasteiger charge is 2.23. The molecule has 1 aromatic carbocycles. The van der Waals surface area contributed by atoms with Crippen LogP contribution in [-0.4, -0.2) is 18.8 Å². The summed E-state index contributed by atoms with van der Waals surface area (Å²) in [6.45, 7) is 4.68. The summed E-state index contributed by atoms with van der Waals surface area (Å²) in [6, 6.07) is 8.07. The van der Waals surface area contributed by atoms with Crippen LogP contribution in [-0.2, 0) is 4.74 Å². The van der Waals surface area contributed by atoms with Crippen LogP contribution >= 0.6 is 0 Å². The average Bonchev–Trinajstić information content (AvgIpc) is 3.16. The molecule has 18 heavy (non-hydrogen) atoms. The molecule has 2 atom stereocenters. The average molecular weight is 250 g/mol. The van der Waals surface area contributed by atoms with Crippen LogP contribution in [0.5, 0.6) is 5.75 Å². The molecular formula is C14H22N2O2. The van der Waals surface area contributed by atoms with Gasteiger partial charge in [0.1, 0.15) is 5.75 Å². The van der Waals surface area contributed by atoms with E-state index in [0.717, 1.165) is 11.3 Å². The Morgan fingerprint density at radius 3 is 2.50 bits per heavy atom. The summed E-state index contributed by atoms with van der Waals surface area (Å²) in [6.07, 6.45) is 2.82. The van der Waals surface area contributed by atoms with Gasteiger partial charge in [0.2, 0.25) is 0 Å². The Morgan fingerprint density at radius 2 is 2.00 bits per heavy atom. The van der Waals surface area contributed by atoms with Crippen molar-refractivity contribution < 1.29 is 9.47 Å². The first kappa shape index (κ1) is 13.3. The number of hydrazine groups is 1. The minimum absolute atomic E-state index is 0.0000694. The second kappa shape index (κ2) is 6.18. The molecule has 0 amide bonds. The largest absolute Gasteiger partial charge is 0.490 e. The fourth-order valence-corrected chi connectivity index (χ4v) is 1.99. The molecule has 1 aromatic rings. The number of ether oxygens (including phenoxy) is 2. The summed E-state index contributed by atoms with van der Waals surface area (Å²) in [4.78, 5) is 0. The van der Waals surface area contributed by atoms with Crippen molar-refractivity contribution in [2.24, 2.45) is 5.84 Å². The lowest BCUT2D eigenvalue weighted by Gasteiger charge is -2.23. The Balaban J connectivity index is 2.00. The molecule has 0 aliphatic heterocycles. The van der Waals surface area contributed by atoms with Gasteiger partial charge in [0, 0.05) is 6.61 Å². The molecule has 0 spiro atoms. The van der Waals surface area contributed by atoms with Crippen LogP contribution in [0, 0.1) is 0 Å². The summed E-state index contributed by atoms with van der Waals surface area (Å²) in [5.41, 5.74) is 3.92. The number of hydrogen-bond acceptors (Lipinski definition) is 4. The molecule has 0 heterocycles. The standard InChI is InChI=1S/C14H22N2O2/c1-3-17-10(2)14(16-15)11-4-6-12(7-5-11)18-13-8-9-13/h4-7,10,13-14,16H,3,8-9,15H2,1-2H3. The minimum atomic E-state index is -0.0000694. The molecule has 2 rings (SSSR count). The van der Waals surface area contributed by atoms with E-state index >= 15 is 0 Å². The van der Waals surface area contributed by atoms with E-state index in [1.54, 1.807) is 0 Å². The van der Waals surface area contributed by atoms with Gasteiger partial charge in [0.05, 0.1) is 18.2 Å². The van der Waals surface area contributed by atoms with Crippen LogP contribution in [0.15, 0.2) is 24.3 Å². The highest BCUT2D eigenvalue weighted by molar-refractivity contribution is 5.30. The van der Waals surface area contributed by atoms with Gasteiger partial charge in [-0.05, 0) is 44.4 Å². The molecule has 2 unspecified atom stereocenters. The van der Waals surface area contributed by atoms with Gasteiger partial charge in [-0.15, -0.1) is 0 Å². The third kappa shape index (κ3) is 3.45. The number of benzene rings is 1. The number of rotatable bonds is 7. The van der Waals surface area contributed by atoms with Crippen LogP contribution in [0.25, 0.3) is 0 Å². The first-order valence-electron chi connectivity index (χ1n) is 6.59. The zero-order valence-corrected chi connectivity index (χ0v) is 11.1. The van der Waals surface area contributed by atoms with E-state index in [-0.39, 0.29) is 12.1 Å². The van der Waals surface area contributed by atoms with E-state index in [1.807, 2.05) is 38.1 Å². The predicted molar refractivity (Wildman–Crippen MR) is 71.2 cm³/mol. The summed E-state index contributed by atoms with van der Waals surface area (Å²) in [5.74, 6) is 6.54. The van der Waals surface area contributed by atoms with Gasteiger partial charge in [-0.3, -0.25) is 11.3 Å². The van der Waals surface area contributed by atoms with E-state index in [9.17, 15) is 0 Å². The van der Waals surface area contributed by atoms with Gasteiger partial charge in [0.25, 0.3) is 0 Å². The van der Waals surface area contributed by atoms with Crippen molar-refractivity contribution in [2.45, 2.75) is 44.9 Å².